The number of ether oxygens (including phenoxy) is 4. The first kappa shape index (κ1) is 28.5. The lowest BCUT2D eigenvalue weighted by Gasteiger charge is -2.39. The van der Waals surface area contributed by atoms with Crippen molar-refractivity contribution in [3.05, 3.63) is 0 Å². The third-order valence-corrected chi connectivity index (χ3v) is 3.12. The van der Waals surface area contributed by atoms with E-state index in [9.17, 15) is 38.4 Å². The molecule has 0 bridgehead atoms. The topological polar surface area (TPSA) is 226 Å². The van der Waals surface area contributed by atoms with Crippen molar-refractivity contribution in [3.63, 3.8) is 0 Å². The number of hydrogen-bond acceptors (Lipinski definition) is 14. The molecule has 0 aliphatic rings. The fourth-order valence-corrected chi connectivity index (χ4v) is 1.96. The van der Waals surface area contributed by atoms with Crippen LogP contribution in [0, 0.1) is 0 Å². The third kappa shape index (κ3) is 9.99. The summed E-state index contributed by atoms with van der Waals surface area (Å²) in [5, 5.41) is 0. The Bertz CT molecular complexity index is 704. The van der Waals surface area contributed by atoms with Gasteiger partial charge < -0.3 is 18.9 Å². The summed E-state index contributed by atoms with van der Waals surface area (Å²) in [7, 11) is 0. The van der Waals surface area contributed by atoms with Crippen molar-refractivity contribution >= 4 is 47.0 Å². The molecular weight excluding hydrogens is 436 g/mol. The molecule has 0 fully saturated rings. The van der Waals surface area contributed by atoms with Gasteiger partial charge in [0.05, 0.1) is 0 Å². The van der Waals surface area contributed by atoms with E-state index >= 15 is 0 Å². The van der Waals surface area contributed by atoms with E-state index in [4.69, 9.17) is 30.4 Å². The second kappa shape index (κ2) is 11.8. The Kier molecular flexibility index (Phi) is 10.5. The number of Topliss-reactive ketones (excluding diaryl/α,β-unsaturated/α-hetero) is 4. The standard InChI is InChI=1S/C18H24N2O12/c1-9(21)5-13(25)29-17(19,30-14(26)6-10(2)22)18(20,31-15(27)7-11(3)23)32-16(28)8-12(4)24/h5-8,19-20H2,1-4H3. The van der Waals surface area contributed by atoms with E-state index in [-0.39, 0.29) is 0 Å². The minimum atomic E-state index is -3.43. The fraction of sp³-hybridized carbons (Fsp3) is 0.556. The van der Waals surface area contributed by atoms with Gasteiger partial charge in [0.15, 0.2) is 0 Å². The SMILES string of the molecule is CC(=O)CC(=O)OC(N)(OC(=O)CC(C)=O)C(N)(OC(=O)CC(C)=O)OC(=O)CC(C)=O. The maximum atomic E-state index is 12.0. The van der Waals surface area contributed by atoms with Crippen LogP contribution >= 0.6 is 0 Å². The van der Waals surface area contributed by atoms with Gasteiger partial charge in [-0.05, 0) is 27.7 Å². The lowest BCUT2D eigenvalue weighted by atomic mass is 10.2. The van der Waals surface area contributed by atoms with Gasteiger partial charge in [0, 0.05) is 0 Å². The molecular formula is C18H24N2O12. The highest BCUT2D eigenvalue weighted by molar-refractivity contribution is 5.96. The summed E-state index contributed by atoms with van der Waals surface area (Å²) in [4.78, 5) is 92.8. The van der Waals surface area contributed by atoms with Gasteiger partial charge in [-0.1, -0.05) is 0 Å². The molecule has 178 valence electrons. The van der Waals surface area contributed by atoms with Crippen molar-refractivity contribution in [2.75, 3.05) is 0 Å². The molecule has 0 rings (SSSR count). The van der Waals surface area contributed by atoms with Crippen molar-refractivity contribution in [1.82, 2.24) is 0 Å². The Hall–Kier alpha value is -3.52. The van der Waals surface area contributed by atoms with Gasteiger partial charge in [0.25, 0.3) is 0 Å². The predicted octanol–water partition coefficient (Wildman–Crippen LogP) is -1.70. The number of hydrogen-bond donors (Lipinski definition) is 2. The van der Waals surface area contributed by atoms with Crippen LogP contribution in [0.25, 0.3) is 0 Å². The zero-order valence-electron chi connectivity index (χ0n) is 17.9. The quantitative estimate of drug-likeness (QED) is 0.177. The van der Waals surface area contributed by atoms with E-state index < -0.39 is 84.5 Å². The first-order valence-corrected chi connectivity index (χ1v) is 8.92. The molecule has 0 heterocycles. The zero-order chi connectivity index (χ0) is 25.3. The van der Waals surface area contributed by atoms with Crippen LogP contribution in [0.15, 0.2) is 0 Å². The van der Waals surface area contributed by atoms with E-state index in [1.807, 2.05) is 0 Å². The number of esters is 4. The fourth-order valence-electron chi connectivity index (χ4n) is 1.96. The molecule has 0 aromatic carbocycles. The van der Waals surface area contributed by atoms with Crippen LogP contribution in [0.1, 0.15) is 53.4 Å². The zero-order valence-corrected chi connectivity index (χ0v) is 17.9. The molecule has 0 unspecified atom stereocenters. The average molecular weight is 460 g/mol. The van der Waals surface area contributed by atoms with Crippen molar-refractivity contribution in [2.24, 2.45) is 11.5 Å². The Morgan fingerprint density at radius 2 is 0.625 bits per heavy atom. The molecule has 14 nitrogen and oxygen atoms in total. The van der Waals surface area contributed by atoms with Crippen LogP contribution in [0.5, 0.6) is 0 Å². The van der Waals surface area contributed by atoms with Gasteiger partial charge in [0.2, 0.25) is 0 Å². The lowest BCUT2D eigenvalue weighted by Crippen LogP contribution is -2.73. The van der Waals surface area contributed by atoms with Crippen LogP contribution in [0.2, 0.25) is 0 Å². The van der Waals surface area contributed by atoms with E-state index in [1.165, 1.54) is 0 Å². The Morgan fingerprint density at radius 1 is 0.469 bits per heavy atom. The monoisotopic (exact) mass is 460 g/mol. The molecule has 0 aliphatic heterocycles. The minimum absolute atomic E-state index is 0.725. The molecule has 32 heavy (non-hydrogen) atoms. The normalized spacial score (nSPS) is 11.1. The van der Waals surface area contributed by atoms with Gasteiger partial charge in [-0.25, -0.2) is 11.5 Å². The molecule has 4 N–H and O–H groups in total. The highest BCUT2D eigenvalue weighted by atomic mass is 16.8. The smallest absolute Gasteiger partial charge is 0.401 e. The van der Waals surface area contributed by atoms with Crippen LogP contribution in [-0.2, 0) is 57.3 Å². The lowest BCUT2D eigenvalue weighted by molar-refractivity contribution is -0.360. The van der Waals surface area contributed by atoms with Crippen molar-refractivity contribution in [3.8, 4) is 0 Å². The number of carbonyl (C=O) groups excluding carboxylic acids is 8. The second-order valence-corrected chi connectivity index (χ2v) is 6.75. The Balaban J connectivity index is 6.33. The third-order valence-electron chi connectivity index (χ3n) is 3.12. The number of ketones is 4. The van der Waals surface area contributed by atoms with E-state index in [2.05, 4.69) is 0 Å². The van der Waals surface area contributed by atoms with Crippen LogP contribution < -0.4 is 11.5 Å². The number of nitrogens with two attached hydrogens (primary N) is 2. The van der Waals surface area contributed by atoms with Crippen molar-refractivity contribution < 1.29 is 57.3 Å². The van der Waals surface area contributed by atoms with Crippen LogP contribution in [0.3, 0.4) is 0 Å². The first-order valence-electron chi connectivity index (χ1n) is 8.92. The molecule has 14 heteroatoms. The molecule has 0 saturated carbocycles. The van der Waals surface area contributed by atoms with E-state index in [1.54, 1.807) is 0 Å². The minimum Gasteiger partial charge on any atom is -0.401 e. The number of carbonyl (C=O) groups is 8. The largest absolute Gasteiger partial charge is 0.413 e. The van der Waals surface area contributed by atoms with Gasteiger partial charge in [-0.2, -0.15) is 0 Å². The summed E-state index contributed by atoms with van der Waals surface area (Å²) in [5.41, 5.74) is 11.5. The molecule has 0 aliphatic carbocycles. The molecule has 0 radical (unpaired) electrons. The highest BCUT2D eigenvalue weighted by Crippen LogP contribution is 2.27. The van der Waals surface area contributed by atoms with Crippen molar-refractivity contribution in [2.45, 2.75) is 65.2 Å². The first-order chi connectivity index (χ1) is 14.5. The molecule has 0 atom stereocenters. The summed E-state index contributed by atoms with van der Waals surface area (Å²) in [6.07, 6.45) is -3.66. The van der Waals surface area contributed by atoms with Gasteiger partial charge in [-0.3, -0.25) is 38.4 Å². The van der Waals surface area contributed by atoms with Gasteiger partial charge in [-0.15, -0.1) is 0 Å². The number of rotatable bonds is 13. The van der Waals surface area contributed by atoms with Crippen LogP contribution in [-0.4, -0.2) is 58.8 Å². The summed E-state index contributed by atoms with van der Waals surface area (Å²) in [6, 6.07) is 0. The summed E-state index contributed by atoms with van der Waals surface area (Å²) in [5.74, 6) is -15.5. The predicted molar refractivity (Wildman–Crippen MR) is 99.4 cm³/mol. The van der Waals surface area contributed by atoms with E-state index in [0.717, 1.165) is 27.7 Å². The maximum absolute atomic E-state index is 12.0. The molecule has 0 amide bonds. The maximum Gasteiger partial charge on any atom is 0.413 e. The van der Waals surface area contributed by atoms with Gasteiger partial charge in [0.1, 0.15) is 48.8 Å². The second-order valence-electron chi connectivity index (χ2n) is 6.75. The average Bonchev–Trinajstić information content (AvgIpc) is 2.49. The summed E-state index contributed by atoms with van der Waals surface area (Å²) >= 11 is 0. The van der Waals surface area contributed by atoms with E-state index in [0.29, 0.717) is 0 Å². The van der Waals surface area contributed by atoms with Gasteiger partial charge >= 0.3 is 35.7 Å². The summed E-state index contributed by atoms with van der Waals surface area (Å²) < 4.78 is 18.8. The summed E-state index contributed by atoms with van der Waals surface area (Å²) in [6.45, 7) is 3.99. The van der Waals surface area contributed by atoms with Crippen molar-refractivity contribution in [1.29, 1.82) is 0 Å². The highest BCUT2D eigenvalue weighted by Gasteiger charge is 2.61. The molecule has 0 spiro atoms. The van der Waals surface area contributed by atoms with Crippen LogP contribution in [0.4, 0.5) is 0 Å². The molecule has 0 saturated heterocycles. The molecule has 0 aromatic rings. The Morgan fingerprint density at radius 3 is 0.750 bits per heavy atom. The Labute approximate surface area is 181 Å². The molecule has 0 aromatic heterocycles.